The van der Waals surface area contributed by atoms with Gasteiger partial charge in [0.1, 0.15) is 11.9 Å². The lowest BCUT2D eigenvalue weighted by molar-refractivity contribution is -0.385. The van der Waals surface area contributed by atoms with Crippen LogP contribution in [0.15, 0.2) is 39.4 Å². The first kappa shape index (κ1) is 14.2. The van der Waals surface area contributed by atoms with E-state index in [9.17, 15) is 10.1 Å². The molecule has 0 saturated carbocycles. The van der Waals surface area contributed by atoms with Gasteiger partial charge < -0.3 is 4.74 Å². The van der Waals surface area contributed by atoms with Crippen molar-refractivity contribution in [1.82, 2.24) is 4.98 Å². The van der Waals surface area contributed by atoms with Crippen molar-refractivity contribution in [2.24, 2.45) is 0 Å². The largest absolute Gasteiger partial charge is 0.436 e. The monoisotopic (exact) mass is 406 g/mol. The van der Waals surface area contributed by atoms with Crippen molar-refractivity contribution in [2.45, 2.75) is 0 Å². The van der Waals surface area contributed by atoms with Gasteiger partial charge in [-0.3, -0.25) is 10.1 Å². The highest BCUT2D eigenvalue weighted by molar-refractivity contribution is 9.10. The van der Waals surface area contributed by atoms with Crippen LogP contribution in [-0.2, 0) is 0 Å². The van der Waals surface area contributed by atoms with Gasteiger partial charge in [-0.25, -0.2) is 4.98 Å². The van der Waals surface area contributed by atoms with E-state index >= 15 is 0 Å². The minimum atomic E-state index is -0.534. The molecule has 0 bridgehead atoms. The highest BCUT2D eigenvalue weighted by Gasteiger charge is 2.13. The topological polar surface area (TPSA) is 65.3 Å². The number of nitro groups is 1. The Balaban J connectivity index is 2.33. The van der Waals surface area contributed by atoms with Gasteiger partial charge >= 0.3 is 0 Å². The number of rotatable bonds is 3. The molecule has 0 unspecified atom stereocenters. The molecule has 1 aromatic carbocycles. The summed E-state index contributed by atoms with van der Waals surface area (Å²) in [6, 6.07) is 6.43. The lowest BCUT2D eigenvalue weighted by Gasteiger charge is -2.08. The van der Waals surface area contributed by atoms with Crippen molar-refractivity contribution in [3.8, 4) is 11.6 Å². The third-order valence-corrected chi connectivity index (χ3v) is 3.48. The van der Waals surface area contributed by atoms with E-state index in [0.717, 1.165) is 10.7 Å². The molecule has 2 aromatic rings. The predicted octanol–water partition coefficient (Wildman–Crippen LogP) is 4.96. The minimum Gasteiger partial charge on any atom is -0.436 e. The quantitative estimate of drug-likeness (QED) is 0.532. The van der Waals surface area contributed by atoms with E-state index in [2.05, 4.69) is 36.8 Å². The molecule has 0 N–H and O–H groups in total. The van der Waals surface area contributed by atoms with E-state index < -0.39 is 4.92 Å². The summed E-state index contributed by atoms with van der Waals surface area (Å²) in [6.07, 6.45) is 1.12. The van der Waals surface area contributed by atoms with E-state index in [1.54, 1.807) is 18.2 Å². The van der Waals surface area contributed by atoms with E-state index in [4.69, 9.17) is 16.3 Å². The average molecular weight is 408 g/mol. The van der Waals surface area contributed by atoms with E-state index in [-0.39, 0.29) is 11.6 Å². The summed E-state index contributed by atoms with van der Waals surface area (Å²) >= 11 is 12.5. The molecule has 19 heavy (non-hydrogen) atoms. The first-order valence-corrected chi connectivity index (χ1v) is 6.86. The number of aromatic nitrogens is 1. The summed E-state index contributed by atoms with van der Waals surface area (Å²) in [5.74, 6) is 0.601. The number of pyridine rings is 1. The molecule has 98 valence electrons. The van der Waals surface area contributed by atoms with Crippen molar-refractivity contribution in [3.05, 3.63) is 54.5 Å². The van der Waals surface area contributed by atoms with E-state index in [0.29, 0.717) is 15.2 Å². The van der Waals surface area contributed by atoms with Gasteiger partial charge in [-0.15, -0.1) is 0 Å². The Morgan fingerprint density at radius 2 is 2.05 bits per heavy atom. The van der Waals surface area contributed by atoms with Crippen LogP contribution in [0.4, 0.5) is 5.69 Å². The fourth-order valence-corrected chi connectivity index (χ4v) is 2.16. The molecular formula is C11H5Br2ClN2O3. The van der Waals surface area contributed by atoms with Crippen LogP contribution in [0.25, 0.3) is 0 Å². The molecule has 0 atom stereocenters. The molecule has 1 aromatic heterocycles. The van der Waals surface area contributed by atoms with Crippen LogP contribution in [0, 0.1) is 10.1 Å². The zero-order valence-electron chi connectivity index (χ0n) is 9.14. The first-order chi connectivity index (χ1) is 8.97. The third-order valence-electron chi connectivity index (χ3n) is 2.10. The molecule has 0 amide bonds. The molecule has 5 nitrogen and oxygen atoms in total. The molecule has 8 heteroatoms. The fourth-order valence-electron chi connectivity index (χ4n) is 1.25. The number of nitrogens with zero attached hydrogens (tertiary/aromatic N) is 2. The molecule has 0 aliphatic heterocycles. The molecular weight excluding hydrogens is 403 g/mol. The summed E-state index contributed by atoms with van der Waals surface area (Å²) in [5, 5.41) is 11.0. The number of halogens is 3. The van der Waals surface area contributed by atoms with Gasteiger partial charge in [-0.2, -0.15) is 0 Å². The molecule has 0 aliphatic rings. The van der Waals surface area contributed by atoms with Gasteiger partial charge in [0.2, 0.25) is 5.88 Å². The normalized spacial score (nSPS) is 10.3. The highest BCUT2D eigenvalue weighted by atomic mass is 79.9. The van der Waals surface area contributed by atoms with Crippen molar-refractivity contribution in [1.29, 1.82) is 0 Å². The SMILES string of the molecule is O=[N+]([O-])c1cnc(Oc2cc(Br)ccc2Cl)c(Br)c1. The van der Waals surface area contributed by atoms with Gasteiger partial charge in [0.15, 0.2) is 0 Å². The van der Waals surface area contributed by atoms with Gasteiger partial charge in [-0.05, 0) is 34.1 Å². The second kappa shape index (κ2) is 5.85. The summed E-state index contributed by atoms with van der Waals surface area (Å²) < 4.78 is 6.68. The van der Waals surface area contributed by atoms with Gasteiger partial charge in [0.05, 0.1) is 14.4 Å². The Hall–Kier alpha value is -1.18. The zero-order chi connectivity index (χ0) is 14.0. The summed E-state index contributed by atoms with van der Waals surface area (Å²) in [5.41, 5.74) is -0.125. The van der Waals surface area contributed by atoms with Gasteiger partial charge in [-0.1, -0.05) is 27.5 Å². The second-order valence-electron chi connectivity index (χ2n) is 3.41. The molecule has 2 rings (SSSR count). The number of hydrogen-bond donors (Lipinski definition) is 0. The Morgan fingerprint density at radius 3 is 2.68 bits per heavy atom. The van der Waals surface area contributed by atoms with Gasteiger partial charge in [0.25, 0.3) is 5.69 Å². The summed E-state index contributed by atoms with van der Waals surface area (Å²) in [7, 11) is 0. The van der Waals surface area contributed by atoms with Crippen LogP contribution in [-0.4, -0.2) is 9.91 Å². The standard InChI is InChI=1S/C11H5Br2ClN2O3/c12-6-1-2-9(14)10(3-6)19-11-8(13)4-7(5-15-11)16(17)18/h1-5H. The lowest BCUT2D eigenvalue weighted by atomic mass is 10.3. The lowest BCUT2D eigenvalue weighted by Crippen LogP contribution is -1.93. The third kappa shape index (κ3) is 3.43. The van der Waals surface area contributed by atoms with Crippen LogP contribution in [0.2, 0.25) is 5.02 Å². The fraction of sp³-hybridized carbons (Fsp3) is 0. The Kier molecular flexibility index (Phi) is 4.38. The van der Waals surface area contributed by atoms with Crippen LogP contribution in [0.5, 0.6) is 11.6 Å². The number of ether oxygens (including phenoxy) is 1. The van der Waals surface area contributed by atoms with Crippen molar-refractivity contribution in [3.63, 3.8) is 0 Å². The van der Waals surface area contributed by atoms with Crippen LogP contribution >= 0.6 is 43.5 Å². The molecule has 0 radical (unpaired) electrons. The zero-order valence-corrected chi connectivity index (χ0v) is 13.1. The number of hydrogen-bond acceptors (Lipinski definition) is 4. The number of benzene rings is 1. The Morgan fingerprint density at radius 1 is 1.32 bits per heavy atom. The van der Waals surface area contributed by atoms with Crippen molar-refractivity contribution in [2.75, 3.05) is 0 Å². The highest BCUT2D eigenvalue weighted by Crippen LogP contribution is 2.35. The Labute approximate surface area is 130 Å². The molecule has 0 spiro atoms. The molecule has 0 aliphatic carbocycles. The maximum Gasteiger partial charge on any atom is 0.288 e. The van der Waals surface area contributed by atoms with Gasteiger partial charge in [0, 0.05) is 10.5 Å². The molecule has 1 heterocycles. The predicted molar refractivity (Wildman–Crippen MR) is 77.8 cm³/mol. The maximum atomic E-state index is 10.6. The Bertz CT molecular complexity index is 652. The first-order valence-electron chi connectivity index (χ1n) is 4.90. The minimum absolute atomic E-state index is 0.125. The second-order valence-corrected chi connectivity index (χ2v) is 5.59. The van der Waals surface area contributed by atoms with E-state index in [1.807, 2.05) is 0 Å². The van der Waals surface area contributed by atoms with Crippen LogP contribution < -0.4 is 4.74 Å². The van der Waals surface area contributed by atoms with Crippen LogP contribution in [0.3, 0.4) is 0 Å². The maximum absolute atomic E-state index is 10.6. The van der Waals surface area contributed by atoms with Crippen molar-refractivity contribution < 1.29 is 9.66 Å². The molecule has 0 fully saturated rings. The smallest absolute Gasteiger partial charge is 0.288 e. The van der Waals surface area contributed by atoms with Crippen molar-refractivity contribution >= 4 is 49.1 Å². The van der Waals surface area contributed by atoms with Crippen LogP contribution in [0.1, 0.15) is 0 Å². The summed E-state index contributed by atoms with van der Waals surface area (Å²) in [4.78, 5) is 13.9. The van der Waals surface area contributed by atoms with E-state index in [1.165, 1.54) is 6.07 Å². The summed E-state index contributed by atoms with van der Waals surface area (Å²) in [6.45, 7) is 0. The molecule has 0 saturated heterocycles. The average Bonchev–Trinajstić information content (AvgIpc) is 2.36.